The van der Waals surface area contributed by atoms with E-state index in [9.17, 15) is 22.8 Å². The van der Waals surface area contributed by atoms with E-state index in [1.165, 1.54) is 0 Å². The van der Waals surface area contributed by atoms with Crippen LogP contribution in [-0.2, 0) is 6.54 Å². The molecule has 0 aromatic carbocycles. The van der Waals surface area contributed by atoms with Gasteiger partial charge in [-0.25, -0.2) is 4.79 Å². The molecule has 0 aliphatic rings. The normalized spacial score (nSPS) is 11.7. The number of rotatable bonds is 2. The highest BCUT2D eigenvalue weighted by molar-refractivity contribution is 5.25. The second-order valence-electron chi connectivity index (χ2n) is 2.88. The molecule has 0 aliphatic carbocycles. The number of H-pyrrole nitrogens is 1. The summed E-state index contributed by atoms with van der Waals surface area (Å²) in [5.41, 5.74) is 3.55. The number of halogens is 3. The summed E-state index contributed by atoms with van der Waals surface area (Å²) >= 11 is 0. The first-order valence-electron chi connectivity index (χ1n) is 3.96. The van der Waals surface area contributed by atoms with Crippen LogP contribution in [0.25, 0.3) is 0 Å². The summed E-state index contributed by atoms with van der Waals surface area (Å²) in [4.78, 5) is 23.6. The lowest BCUT2D eigenvalue weighted by molar-refractivity contribution is -0.136. The average molecular weight is 223 g/mol. The Balaban J connectivity index is 2.96. The molecule has 1 rings (SSSR count). The number of alkyl halides is 3. The molecule has 0 radical (unpaired) electrons. The van der Waals surface area contributed by atoms with Gasteiger partial charge in [-0.2, -0.15) is 13.2 Å². The Bertz CT molecular complexity index is 460. The number of hydrogen-bond donors (Lipinski definition) is 2. The molecule has 1 aromatic heterocycles. The quantitative estimate of drug-likeness (QED) is 0.744. The van der Waals surface area contributed by atoms with Crippen LogP contribution in [-0.4, -0.2) is 15.7 Å². The van der Waals surface area contributed by atoms with Crippen molar-refractivity contribution < 1.29 is 13.2 Å². The van der Waals surface area contributed by atoms with E-state index in [0.29, 0.717) is 4.57 Å². The summed E-state index contributed by atoms with van der Waals surface area (Å²) in [6, 6.07) is 0.859. The first kappa shape index (κ1) is 11.3. The van der Waals surface area contributed by atoms with Crippen molar-refractivity contribution in [3.8, 4) is 0 Å². The molecule has 5 nitrogen and oxygen atoms in total. The molecule has 0 atom stereocenters. The summed E-state index contributed by atoms with van der Waals surface area (Å²) in [5, 5.41) is 0. The molecule has 0 unspecified atom stereocenters. The van der Waals surface area contributed by atoms with Crippen LogP contribution in [0.3, 0.4) is 0 Å². The molecular weight excluding hydrogens is 215 g/mol. The molecular formula is C7H8F3N3O2. The molecule has 0 spiro atoms. The van der Waals surface area contributed by atoms with E-state index in [1.54, 1.807) is 0 Å². The lowest BCUT2D eigenvalue weighted by Crippen LogP contribution is -2.32. The van der Waals surface area contributed by atoms with Gasteiger partial charge in [0.1, 0.15) is 5.82 Å². The van der Waals surface area contributed by atoms with Crippen LogP contribution in [0.1, 0.15) is 6.42 Å². The van der Waals surface area contributed by atoms with Crippen molar-refractivity contribution in [1.29, 1.82) is 0 Å². The SMILES string of the molecule is Nc1cc(=O)[nH]c(=O)n1CCC(F)(F)F. The highest BCUT2D eigenvalue weighted by Crippen LogP contribution is 2.20. The molecule has 1 heterocycles. The molecule has 0 saturated heterocycles. The van der Waals surface area contributed by atoms with Gasteiger partial charge in [0, 0.05) is 12.6 Å². The molecule has 84 valence electrons. The maximum atomic E-state index is 11.9. The minimum absolute atomic E-state index is 0.284. The standard InChI is InChI=1S/C7H8F3N3O2/c8-7(9,10)1-2-13-4(11)3-5(14)12-6(13)15/h3H,1-2,11H2,(H,12,14,15). The largest absolute Gasteiger partial charge is 0.390 e. The maximum Gasteiger partial charge on any atom is 0.390 e. The van der Waals surface area contributed by atoms with Crippen molar-refractivity contribution in [1.82, 2.24) is 9.55 Å². The first-order valence-corrected chi connectivity index (χ1v) is 3.96. The Morgan fingerprint density at radius 3 is 2.47 bits per heavy atom. The molecule has 0 bridgehead atoms. The monoisotopic (exact) mass is 223 g/mol. The molecule has 0 fully saturated rings. The van der Waals surface area contributed by atoms with Gasteiger partial charge in [-0.1, -0.05) is 0 Å². The van der Waals surface area contributed by atoms with Crippen LogP contribution in [0.2, 0.25) is 0 Å². The van der Waals surface area contributed by atoms with Gasteiger partial charge in [-0.3, -0.25) is 14.3 Å². The van der Waals surface area contributed by atoms with Gasteiger partial charge in [0.05, 0.1) is 6.42 Å². The van der Waals surface area contributed by atoms with E-state index in [-0.39, 0.29) is 5.82 Å². The summed E-state index contributed by atoms with van der Waals surface area (Å²) in [7, 11) is 0. The Kier molecular flexibility index (Phi) is 2.87. The van der Waals surface area contributed by atoms with E-state index in [4.69, 9.17) is 5.73 Å². The zero-order chi connectivity index (χ0) is 11.6. The fourth-order valence-electron chi connectivity index (χ4n) is 1.01. The zero-order valence-electron chi connectivity index (χ0n) is 7.47. The van der Waals surface area contributed by atoms with Crippen molar-refractivity contribution >= 4 is 5.82 Å². The molecule has 15 heavy (non-hydrogen) atoms. The third-order valence-electron chi connectivity index (χ3n) is 1.68. The van der Waals surface area contributed by atoms with Crippen LogP contribution >= 0.6 is 0 Å². The van der Waals surface area contributed by atoms with Gasteiger partial charge in [0.2, 0.25) is 0 Å². The van der Waals surface area contributed by atoms with Crippen molar-refractivity contribution in [2.24, 2.45) is 0 Å². The number of aromatic nitrogens is 2. The van der Waals surface area contributed by atoms with Crippen LogP contribution in [0.4, 0.5) is 19.0 Å². The smallest absolute Gasteiger partial charge is 0.385 e. The molecule has 1 aromatic rings. The summed E-state index contributed by atoms with van der Waals surface area (Å²) < 4.78 is 36.2. The lowest BCUT2D eigenvalue weighted by Gasteiger charge is -2.09. The maximum absolute atomic E-state index is 11.9. The van der Waals surface area contributed by atoms with E-state index >= 15 is 0 Å². The predicted molar refractivity (Wildman–Crippen MR) is 46.4 cm³/mol. The fraction of sp³-hybridized carbons (Fsp3) is 0.429. The van der Waals surface area contributed by atoms with Gasteiger partial charge < -0.3 is 5.73 Å². The van der Waals surface area contributed by atoms with E-state index in [1.807, 2.05) is 4.98 Å². The van der Waals surface area contributed by atoms with Crippen LogP contribution in [0.5, 0.6) is 0 Å². The summed E-state index contributed by atoms with van der Waals surface area (Å²) in [6.07, 6.45) is -5.55. The van der Waals surface area contributed by atoms with E-state index in [0.717, 1.165) is 6.07 Å². The third-order valence-corrected chi connectivity index (χ3v) is 1.68. The second-order valence-corrected chi connectivity index (χ2v) is 2.88. The van der Waals surface area contributed by atoms with Crippen LogP contribution in [0.15, 0.2) is 15.7 Å². The third kappa shape index (κ3) is 3.15. The Morgan fingerprint density at radius 1 is 1.40 bits per heavy atom. The van der Waals surface area contributed by atoms with Gasteiger partial charge in [0.15, 0.2) is 0 Å². The van der Waals surface area contributed by atoms with Crippen LogP contribution in [0, 0.1) is 0 Å². The topological polar surface area (TPSA) is 80.9 Å². The average Bonchev–Trinajstić information content (AvgIpc) is 1.99. The number of aromatic amines is 1. The highest BCUT2D eigenvalue weighted by atomic mass is 19.4. The Morgan fingerprint density at radius 2 is 2.00 bits per heavy atom. The van der Waals surface area contributed by atoms with Gasteiger partial charge in [-0.15, -0.1) is 0 Å². The van der Waals surface area contributed by atoms with Gasteiger partial charge >= 0.3 is 11.9 Å². The summed E-state index contributed by atoms with van der Waals surface area (Å²) in [5.74, 6) is -0.284. The van der Waals surface area contributed by atoms with Crippen molar-refractivity contribution in [3.05, 3.63) is 26.9 Å². The minimum atomic E-state index is -4.37. The Hall–Kier alpha value is -1.73. The second kappa shape index (κ2) is 3.79. The number of nitrogens with one attached hydrogen (secondary N) is 1. The van der Waals surface area contributed by atoms with Crippen LogP contribution < -0.4 is 17.0 Å². The first-order chi connectivity index (χ1) is 6.79. The number of nitrogens with two attached hydrogens (primary N) is 1. The summed E-state index contributed by atoms with van der Waals surface area (Å²) in [6.45, 7) is -0.606. The molecule has 0 saturated carbocycles. The van der Waals surface area contributed by atoms with Crippen molar-refractivity contribution in [2.45, 2.75) is 19.1 Å². The minimum Gasteiger partial charge on any atom is -0.385 e. The number of hydrogen-bond acceptors (Lipinski definition) is 3. The van der Waals surface area contributed by atoms with Crippen molar-refractivity contribution in [2.75, 3.05) is 5.73 Å². The van der Waals surface area contributed by atoms with Gasteiger partial charge in [-0.05, 0) is 0 Å². The lowest BCUT2D eigenvalue weighted by atomic mass is 10.4. The molecule has 8 heteroatoms. The van der Waals surface area contributed by atoms with Crippen molar-refractivity contribution in [3.63, 3.8) is 0 Å². The highest BCUT2D eigenvalue weighted by Gasteiger charge is 2.27. The number of anilines is 1. The fourth-order valence-corrected chi connectivity index (χ4v) is 1.01. The predicted octanol–water partition coefficient (Wildman–Crippen LogP) is 0.0712. The van der Waals surface area contributed by atoms with E-state index in [2.05, 4.69) is 0 Å². The van der Waals surface area contributed by atoms with E-state index < -0.39 is 30.4 Å². The molecule has 3 N–H and O–H groups in total. The Labute approximate surface area is 81.3 Å². The number of nitrogens with zero attached hydrogens (tertiary/aromatic N) is 1. The van der Waals surface area contributed by atoms with Gasteiger partial charge in [0.25, 0.3) is 5.56 Å². The molecule has 0 amide bonds. The molecule has 0 aliphatic heterocycles. The number of nitrogen functional groups attached to an aromatic ring is 1. The zero-order valence-corrected chi connectivity index (χ0v) is 7.47.